The number of unbranched alkanes of at least 4 members (excludes halogenated alkanes) is 1. The molecule has 2 aromatic carbocycles. The highest BCUT2D eigenvalue weighted by Crippen LogP contribution is 2.28. The van der Waals surface area contributed by atoms with Crippen molar-refractivity contribution in [1.82, 2.24) is 0 Å². The van der Waals surface area contributed by atoms with Crippen LogP contribution in [0.15, 0.2) is 64.9 Å². The smallest absolute Gasteiger partial charge is 0.0998 e. The molecule has 0 aliphatic heterocycles. The lowest BCUT2D eigenvalue weighted by Gasteiger charge is -2.27. The van der Waals surface area contributed by atoms with Gasteiger partial charge in [-0.3, -0.25) is 4.99 Å². The Morgan fingerprint density at radius 3 is 2.17 bits per heavy atom. The summed E-state index contributed by atoms with van der Waals surface area (Å²) < 4.78 is 0. The predicted molar refractivity (Wildman–Crippen MR) is 131 cm³/mol. The lowest BCUT2D eigenvalue weighted by Crippen LogP contribution is -2.26. The van der Waals surface area contributed by atoms with Crippen LogP contribution in [0.25, 0.3) is 11.1 Å². The van der Waals surface area contributed by atoms with Crippen LogP contribution in [-0.4, -0.2) is 25.0 Å². The molecule has 0 heterocycles. The topological polar surface area (TPSA) is 59.6 Å². The van der Waals surface area contributed by atoms with E-state index in [4.69, 9.17) is 0 Å². The Morgan fingerprint density at radius 2 is 1.67 bits per heavy atom. The molecule has 0 aromatic heterocycles. The molecule has 0 saturated carbocycles. The number of anilines is 1. The molecule has 0 amide bonds. The van der Waals surface area contributed by atoms with E-state index in [0.29, 0.717) is 5.56 Å². The first-order valence-corrected chi connectivity index (χ1v) is 10.8. The fraction of sp³-hybridized carbons (Fsp3) is 0.385. The molecule has 0 spiro atoms. The van der Waals surface area contributed by atoms with Crippen molar-refractivity contribution in [3.8, 4) is 17.2 Å². The molecule has 2 rings (SSSR count). The van der Waals surface area contributed by atoms with Gasteiger partial charge in [-0.2, -0.15) is 5.26 Å². The standard InChI is InChI=1S/C22H25N3O.2C2H6/c1-4-5-14-25(22(16-26)17(2)24-3)20-12-10-18(11-13-20)21-9-7-6-8-19(21)15-23;2*1-2/h6-13,26H,3-5,14,16H2,1-2H3;2*1-2H3/b22-17-;;. The third-order valence-electron chi connectivity index (χ3n) is 4.40. The van der Waals surface area contributed by atoms with Crippen LogP contribution in [0.4, 0.5) is 5.69 Å². The first kappa shape index (κ1) is 27.1. The average Bonchev–Trinajstić information content (AvgIpc) is 2.84. The summed E-state index contributed by atoms with van der Waals surface area (Å²) >= 11 is 0. The summed E-state index contributed by atoms with van der Waals surface area (Å²) in [6.07, 6.45) is 2.07. The van der Waals surface area contributed by atoms with Crippen LogP contribution < -0.4 is 4.90 Å². The Labute approximate surface area is 183 Å². The number of allylic oxidation sites excluding steroid dienone is 1. The molecule has 0 unspecified atom stereocenters. The Kier molecular flexibility index (Phi) is 14.4. The summed E-state index contributed by atoms with van der Waals surface area (Å²) in [5.41, 5.74) is 5.05. The largest absolute Gasteiger partial charge is 0.390 e. The Hall–Kier alpha value is -2.90. The van der Waals surface area contributed by atoms with Gasteiger partial charge in [0.2, 0.25) is 0 Å². The van der Waals surface area contributed by atoms with Gasteiger partial charge < -0.3 is 10.0 Å². The molecule has 0 fully saturated rings. The Balaban J connectivity index is 0.00000198. The summed E-state index contributed by atoms with van der Waals surface area (Å²) in [7, 11) is 0. The van der Waals surface area contributed by atoms with E-state index in [1.54, 1.807) is 0 Å². The molecule has 4 nitrogen and oxygen atoms in total. The van der Waals surface area contributed by atoms with Gasteiger partial charge in [-0.15, -0.1) is 0 Å². The molecule has 0 saturated heterocycles. The van der Waals surface area contributed by atoms with Gasteiger partial charge in [-0.05, 0) is 49.4 Å². The average molecular weight is 408 g/mol. The Morgan fingerprint density at radius 1 is 1.07 bits per heavy atom. The van der Waals surface area contributed by atoms with Crippen molar-refractivity contribution >= 4 is 12.4 Å². The van der Waals surface area contributed by atoms with Crippen LogP contribution in [0.1, 0.15) is 59.9 Å². The maximum atomic E-state index is 9.84. The molecule has 2 aromatic rings. The molecule has 0 bridgehead atoms. The van der Waals surface area contributed by atoms with Crippen molar-refractivity contribution < 1.29 is 5.11 Å². The maximum Gasteiger partial charge on any atom is 0.0998 e. The van der Waals surface area contributed by atoms with Gasteiger partial charge in [0.05, 0.1) is 29.6 Å². The van der Waals surface area contributed by atoms with Gasteiger partial charge in [0.15, 0.2) is 0 Å². The molecular formula is C26H37N3O. The molecular weight excluding hydrogens is 370 g/mol. The number of hydrogen-bond donors (Lipinski definition) is 1. The second kappa shape index (κ2) is 16.0. The lowest BCUT2D eigenvalue weighted by molar-refractivity contribution is 0.325. The highest BCUT2D eigenvalue weighted by atomic mass is 16.3. The maximum absolute atomic E-state index is 9.84. The summed E-state index contributed by atoms with van der Waals surface area (Å²) in [5.74, 6) is 0. The van der Waals surface area contributed by atoms with E-state index in [1.807, 2.05) is 83.1 Å². The number of rotatable bonds is 8. The van der Waals surface area contributed by atoms with Crippen molar-refractivity contribution in [2.75, 3.05) is 18.1 Å². The van der Waals surface area contributed by atoms with Gasteiger partial charge in [-0.25, -0.2) is 0 Å². The monoisotopic (exact) mass is 407 g/mol. The van der Waals surface area contributed by atoms with Gasteiger partial charge in [0, 0.05) is 12.2 Å². The van der Waals surface area contributed by atoms with E-state index in [1.165, 1.54) is 0 Å². The van der Waals surface area contributed by atoms with Crippen LogP contribution in [-0.2, 0) is 0 Å². The van der Waals surface area contributed by atoms with E-state index in [0.717, 1.165) is 47.6 Å². The second-order valence-electron chi connectivity index (χ2n) is 6.06. The van der Waals surface area contributed by atoms with Crippen LogP contribution in [0.2, 0.25) is 0 Å². The molecule has 30 heavy (non-hydrogen) atoms. The van der Waals surface area contributed by atoms with Gasteiger partial charge >= 0.3 is 0 Å². The number of aliphatic hydroxyl groups is 1. The zero-order valence-electron chi connectivity index (χ0n) is 19.4. The fourth-order valence-corrected chi connectivity index (χ4v) is 2.88. The third kappa shape index (κ3) is 7.50. The van der Waals surface area contributed by atoms with Crippen molar-refractivity contribution in [2.45, 2.75) is 54.4 Å². The highest BCUT2D eigenvalue weighted by Gasteiger charge is 2.14. The number of aliphatic hydroxyl groups excluding tert-OH is 1. The number of nitrogens with zero attached hydrogens (tertiary/aromatic N) is 3. The molecule has 162 valence electrons. The molecule has 4 heteroatoms. The van der Waals surface area contributed by atoms with E-state index >= 15 is 0 Å². The zero-order chi connectivity index (χ0) is 22.9. The molecule has 0 aliphatic carbocycles. The molecule has 0 atom stereocenters. The molecule has 0 radical (unpaired) electrons. The minimum Gasteiger partial charge on any atom is -0.390 e. The predicted octanol–water partition coefficient (Wildman–Crippen LogP) is 6.81. The highest BCUT2D eigenvalue weighted by molar-refractivity contribution is 5.72. The van der Waals surface area contributed by atoms with Crippen molar-refractivity contribution in [3.63, 3.8) is 0 Å². The van der Waals surface area contributed by atoms with Crippen LogP contribution in [0, 0.1) is 11.3 Å². The summed E-state index contributed by atoms with van der Waals surface area (Å²) in [5, 5.41) is 19.1. The lowest BCUT2D eigenvalue weighted by atomic mass is 10.00. The number of aliphatic imine (C=N–C) groups is 1. The van der Waals surface area contributed by atoms with Gasteiger partial charge in [-0.1, -0.05) is 71.4 Å². The van der Waals surface area contributed by atoms with Gasteiger partial charge in [0.1, 0.15) is 0 Å². The van der Waals surface area contributed by atoms with Crippen LogP contribution in [0.3, 0.4) is 0 Å². The SMILES string of the molecule is C=N/C(C)=C(/CO)N(CCCC)c1ccc(-c2ccccc2C#N)cc1.CC.CC. The number of benzene rings is 2. The van der Waals surface area contributed by atoms with E-state index in [9.17, 15) is 10.4 Å². The third-order valence-corrected chi connectivity index (χ3v) is 4.40. The quantitative estimate of drug-likeness (QED) is 0.489. The zero-order valence-corrected chi connectivity index (χ0v) is 19.4. The normalized spacial score (nSPS) is 10.3. The van der Waals surface area contributed by atoms with E-state index < -0.39 is 0 Å². The summed E-state index contributed by atoms with van der Waals surface area (Å²) in [6.45, 7) is 16.3. The second-order valence-corrected chi connectivity index (χ2v) is 6.06. The fourth-order valence-electron chi connectivity index (χ4n) is 2.88. The number of hydrogen-bond acceptors (Lipinski definition) is 4. The van der Waals surface area contributed by atoms with Gasteiger partial charge in [0.25, 0.3) is 0 Å². The van der Waals surface area contributed by atoms with E-state index in [2.05, 4.69) is 29.6 Å². The van der Waals surface area contributed by atoms with Crippen LogP contribution >= 0.6 is 0 Å². The summed E-state index contributed by atoms with van der Waals surface area (Å²) in [4.78, 5) is 6.08. The van der Waals surface area contributed by atoms with E-state index in [-0.39, 0.29) is 6.61 Å². The van der Waals surface area contributed by atoms with Crippen LogP contribution in [0.5, 0.6) is 0 Å². The molecule has 1 N–H and O–H groups in total. The molecule has 0 aliphatic rings. The Bertz CT molecular complexity index is 817. The minimum atomic E-state index is -0.0897. The first-order valence-electron chi connectivity index (χ1n) is 10.8. The van der Waals surface area contributed by atoms with Crippen molar-refractivity contribution in [3.05, 3.63) is 65.5 Å². The first-order chi connectivity index (χ1) is 14.7. The minimum absolute atomic E-state index is 0.0897. The number of nitriles is 1. The van der Waals surface area contributed by atoms with Crippen molar-refractivity contribution in [1.29, 1.82) is 5.26 Å². The summed E-state index contributed by atoms with van der Waals surface area (Å²) in [6, 6.07) is 17.9. The van der Waals surface area contributed by atoms with Crippen molar-refractivity contribution in [2.24, 2.45) is 4.99 Å².